The van der Waals surface area contributed by atoms with Crippen LogP contribution in [0.5, 0.6) is 0 Å². The molecule has 2 aromatic carbocycles. The topological polar surface area (TPSA) is 101 Å². The minimum atomic E-state index is -0.567. The average molecular weight is 392 g/mol. The fraction of sp³-hybridized carbons (Fsp3) is 0.125. The molecule has 0 saturated heterocycles. The van der Waals surface area contributed by atoms with Crippen LogP contribution in [0, 0.1) is 10.1 Å². The summed E-state index contributed by atoms with van der Waals surface area (Å²) in [6, 6.07) is 12.5. The van der Waals surface area contributed by atoms with Crippen LogP contribution in [0.2, 0.25) is 0 Å². The lowest BCUT2D eigenvalue weighted by Gasteiger charge is -2.07. The quantitative estimate of drug-likeness (QED) is 0.583. The van der Waals surface area contributed by atoms with Crippen molar-refractivity contribution in [2.45, 2.75) is 6.42 Å². The number of nitrogens with one attached hydrogen (secondary N) is 2. The van der Waals surface area contributed by atoms with Gasteiger partial charge in [0, 0.05) is 40.8 Å². The fourth-order valence-electron chi connectivity index (χ4n) is 1.91. The Morgan fingerprint density at radius 2 is 1.83 bits per heavy atom. The monoisotopic (exact) mass is 391 g/mol. The van der Waals surface area contributed by atoms with Crippen LogP contribution in [0.1, 0.15) is 16.8 Å². The van der Waals surface area contributed by atoms with Crippen molar-refractivity contribution in [3.8, 4) is 0 Å². The smallest absolute Gasteiger partial charge is 0.270 e. The number of rotatable bonds is 6. The van der Waals surface area contributed by atoms with Gasteiger partial charge in [-0.15, -0.1) is 0 Å². The van der Waals surface area contributed by atoms with Gasteiger partial charge in [0.15, 0.2) is 0 Å². The molecule has 0 radical (unpaired) electrons. The number of nitro benzene ring substituents is 1. The first-order valence-corrected chi connectivity index (χ1v) is 7.83. The number of benzene rings is 2. The molecule has 0 spiro atoms. The van der Waals surface area contributed by atoms with Crippen LogP contribution in [0.3, 0.4) is 0 Å². The van der Waals surface area contributed by atoms with Gasteiger partial charge in [-0.1, -0.05) is 22.0 Å². The standard InChI is InChI=1S/C16H14BrN3O4/c17-12-4-6-13(7-5-12)19-15(21)8-9-18-16(22)11-2-1-3-14(10-11)20(23)24/h1-7,10H,8-9H2,(H,18,22)(H,19,21). The molecule has 0 aliphatic carbocycles. The highest BCUT2D eigenvalue weighted by Gasteiger charge is 2.11. The number of carbonyl (C=O) groups excluding carboxylic acids is 2. The normalized spacial score (nSPS) is 10.0. The van der Waals surface area contributed by atoms with Gasteiger partial charge in [0.1, 0.15) is 0 Å². The minimum absolute atomic E-state index is 0.0940. The third-order valence-electron chi connectivity index (χ3n) is 3.08. The lowest BCUT2D eigenvalue weighted by atomic mass is 10.2. The van der Waals surface area contributed by atoms with Crippen LogP contribution in [0.4, 0.5) is 11.4 Å². The molecule has 2 aromatic rings. The Hall–Kier alpha value is -2.74. The molecule has 24 heavy (non-hydrogen) atoms. The Labute approximate surface area is 146 Å². The van der Waals surface area contributed by atoms with Gasteiger partial charge in [0.05, 0.1) is 4.92 Å². The van der Waals surface area contributed by atoms with Crippen molar-refractivity contribution in [2.75, 3.05) is 11.9 Å². The molecule has 0 bridgehead atoms. The Balaban J connectivity index is 1.81. The van der Waals surface area contributed by atoms with Crippen molar-refractivity contribution in [1.29, 1.82) is 0 Å². The van der Waals surface area contributed by atoms with Gasteiger partial charge in [-0.25, -0.2) is 0 Å². The predicted octanol–water partition coefficient (Wildman–Crippen LogP) is 3.12. The molecule has 2 rings (SSSR count). The summed E-state index contributed by atoms with van der Waals surface area (Å²) in [6.07, 6.45) is 0.0940. The van der Waals surface area contributed by atoms with Gasteiger partial charge in [-0.2, -0.15) is 0 Å². The van der Waals surface area contributed by atoms with E-state index in [1.165, 1.54) is 24.3 Å². The summed E-state index contributed by atoms with van der Waals surface area (Å²) in [7, 11) is 0. The first-order valence-electron chi connectivity index (χ1n) is 7.04. The van der Waals surface area contributed by atoms with Crippen LogP contribution >= 0.6 is 15.9 Å². The van der Waals surface area contributed by atoms with E-state index in [9.17, 15) is 19.7 Å². The largest absolute Gasteiger partial charge is 0.352 e. The minimum Gasteiger partial charge on any atom is -0.352 e. The SMILES string of the molecule is O=C(CCNC(=O)c1cccc([N+](=O)[O-])c1)Nc1ccc(Br)cc1. The van der Waals surface area contributed by atoms with E-state index in [0.717, 1.165) is 4.47 Å². The Bertz CT molecular complexity index is 762. The number of carbonyl (C=O) groups is 2. The molecule has 0 heterocycles. The van der Waals surface area contributed by atoms with E-state index in [2.05, 4.69) is 26.6 Å². The summed E-state index contributed by atoms with van der Waals surface area (Å²) < 4.78 is 0.907. The number of anilines is 1. The van der Waals surface area contributed by atoms with Gasteiger partial charge >= 0.3 is 0 Å². The van der Waals surface area contributed by atoms with Crippen molar-refractivity contribution in [3.63, 3.8) is 0 Å². The predicted molar refractivity (Wildman–Crippen MR) is 92.8 cm³/mol. The molecule has 0 unspecified atom stereocenters. The molecule has 0 aliphatic rings. The van der Waals surface area contributed by atoms with Crippen molar-refractivity contribution < 1.29 is 14.5 Å². The second kappa shape index (κ2) is 8.21. The maximum Gasteiger partial charge on any atom is 0.270 e. The van der Waals surface area contributed by atoms with Gasteiger partial charge in [-0.05, 0) is 30.3 Å². The molecular weight excluding hydrogens is 378 g/mol. The molecule has 0 aromatic heterocycles. The molecule has 0 atom stereocenters. The molecule has 0 fully saturated rings. The zero-order chi connectivity index (χ0) is 17.5. The average Bonchev–Trinajstić information content (AvgIpc) is 2.57. The van der Waals surface area contributed by atoms with Crippen LogP contribution in [-0.4, -0.2) is 23.3 Å². The van der Waals surface area contributed by atoms with Crippen LogP contribution in [0.15, 0.2) is 53.0 Å². The van der Waals surface area contributed by atoms with Gasteiger partial charge < -0.3 is 10.6 Å². The van der Waals surface area contributed by atoms with Crippen molar-refractivity contribution in [2.24, 2.45) is 0 Å². The maximum atomic E-state index is 11.9. The van der Waals surface area contributed by atoms with E-state index in [1.54, 1.807) is 24.3 Å². The number of non-ortho nitro benzene ring substituents is 1. The number of hydrogen-bond acceptors (Lipinski definition) is 4. The summed E-state index contributed by atoms with van der Waals surface area (Å²) in [5.74, 6) is -0.702. The number of hydrogen-bond donors (Lipinski definition) is 2. The molecule has 124 valence electrons. The fourth-order valence-corrected chi connectivity index (χ4v) is 2.17. The number of amides is 2. The van der Waals surface area contributed by atoms with Gasteiger partial charge in [0.2, 0.25) is 5.91 Å². The summed E-state index contributed by atoms with van der Waals surface area (Å²) in [5, 5.41) is 16.0. The summed E-state index contributed by atoms with van der Waals surface area (Å²) >= 11 is 3.30. The third-order valence-corrected chi connectivity index (χ3v) is 3.61. The number of nitro groups is 1. The molecule has 7 nitrogen and oxygen atoms in total. The van der Waals surface area contributed by atoms with E-state index in [0.29, 0.717) is 5.69 Å². The molecular formula is C16H14BrN3O4. The zero-order valence-corrected chi connectivity index (χ0v) is 14.1. The first-order chi connectivity index (χ1) is 11.5. The highest BCUT2D eigenvalue weighted by molar-refractivity contribution is 9.10. The third kappa shape index (κ3) is 5.17. The van der Waals surface area contributed by atoms with Crippen molar-refractivity contribution >= 4 is 39.1 Å². The highest BCUT2D eigenvalue weighted by atomic mass is 79.9. The van der Waals surface area contributed by atoms with E-state index >= 15 is 0 Å². The highest BCUT2D eigenvalue weighted by Crippen LogP contribution is 2.14. The van der Waals surface area contributed by atoms with E-state index in [-0.39, 0.29) is 30.1 Å². The van der Waals surface area contributed by atoms with Crippen LogP contribution in [0.25, 0.3) is 0 Å². The van der Waals surface area contributed by atoms with Gasteiger partial charge in [-0.3, -0.25) is 19.7 Å². The summed E-state index contributed by atoms with van der Waals surface area (Å²) in [6.45, 7) is 0.129. The molecule has 8 heteroatoms. The molecule has 0 aliphatic heterocycles. The molecule has 2 N–H and O–H groups in total. The number of halogens is 1. The van der Waals surface area contributed by atoms with Gasteiger partial charge in [0.25, 0.3) is 11.6 Å². The lowest BCUT2D eigenvalue weighted by molar-refractivity contribution is -0.384. The zero-order valence-electron chi connectivity index (χ0n) is 12.5. The number of nitrogens with zero attached hydrogens (tertiary/aromatic N) is 1. The van der Waals surface area contributed by atoms with E-state index < -0.39 is 10.8 Å². The maximum absolute atomic E-state index is 11.9. The van der Waals surface area contributed by atoms with E-state index in [1.807, 2.05) is 0 Å². The lowest BCUT2D eigenvalue weighted by Crippen LogP contribution is -2.27. The Morgan fingerprint density at radius 1 is 1.12 bits per heavy atom. The Morgan fingerprint density at radius 3 is 2.50 bits per heavy atom. The molecule has 2 amide bonds. The summed E-state index contributed by atoms with van der Waals surface area (Å²) in [4.78, 5) is 33.8. The second-order valence-electron chi connectivity index (χ2n) is 4.87. The van der Waals surface area contributed by atoms with Crippen molar-refractivity contribution in [3.05, 3.63) is 68.7 Å². The van der Waals surface area contributed by atoms with Crippen LogP contribution < -0.4 is 10.6 Å². The first kappa shape index (κ1) is 17.6. The second-order valence-corrected chi connectivity index (χ2v) is 5.78. The Kier molecular flexibility index (Phi) is 6.02. The molecule has 0 saturated carbocycles. The van der Waals surface area contributed by atoms with E-state index in [4.69, 9.17) is 0 Å². The summed E-state index contributed by atoms with van der Waals surface area (Å²) in [5.41, 5.74) is 0.682. The van der Waals surface area contributed by atoms with Crippen molar-refractivity contribution in [1.82, 2.24) is 5.32 Å². The van der Waals surface area contributed by atoms with Crippen LogP contribution in [-0.2, 0) is 4.79 Å².